The van der Waals surface area contributed by atoms with E-state index in [0.29, 0.717) is 31.5 Å². The first-order valence-electron chi connectivity index (χ1n) is 9.13. The molecule has 0 aromatic heterocycles. The Morgan fingerprint density at radius 3 is 2.96 bits per heavy atom. The van der Waals surface area contributed by atoms with Gasteiger partial charge >= 0.3 is 0 Å². The standard InChI is InChI=1S/C19H25N3O2/c23-18(22-10-3-5-14-4-1-2-6-17(14)22)9-11-21-13-16-8-7-15(20-16)12-19(21)24/h1-2,4,6,15-16,20H,3,5,7-13H2. The molecule has 4 rings (SSSR count). The highest BCUT2D eigenvalue weighted by Crippen LogP contribution is 2.27. The molecule has 5 nitrogen and oxygen atoms in total. The number of nitrogens with one attached hydrogen (secondary N) is 1. The van der Waals surface area contributed by atoms with Crippen LogP contribution >= 0.6 is 0 Å². The Morgan fingerprint density at radius 2 is 2.04 bits per heavy atom. The van der Waals surface area contributed by atoms with Crippen molar-refractivity contribution in [2.75, 3.05) is 24.5 Å². The van der Waals surface area contributed by atoms with E-state index in [9.17, 15) is 9.59 Å². The van der Waals surface area contributed by atoms with Gasteiger partial charge in [-0.15, -0.1) is 0 Å². The second kappa shape index (κ2) is 6.55. The lowest BCUT2D eigenvalue weighted by Gasteiger charge is -2.31. The van der Waals surface area contributed by atoms with Gasteiger partial charge in [0.2, 0.25) is 11.8 Å². The van der Waals surface area contributed by atoms with Gasteiger partial charge in [-0.1, -0.05) is 18.2 Å². The van der Waals surface area contributed by atoms with Crippen LogP contribution in [-0.2, 0) is 16.0 Å². The number of benzene rings is 1. The molecule has 3 aliphatic rings. The molecule has 2 bridgehead atoms. The number of rotatable bonds is 3. The normalized spacial score (nSPS) is 26.2. The van der Waals surface area contributed by atoms with E-state index >= 15 is 0 Å². The number of likely N-dealkylation sites (tertiary alicyclic amines) is 1. The number of aryl methyl sites for hydroxylation is 1. The maximum atomic E-state index is 12.7. The Hall–Kier alpha value is -1.88. The van der Waals surface area contributed by atoms with Crippen LogP contribution in [0.25, 0.3) is 0 Å². The molecule has 2 saturated heterocycles. The Bertz CT molecular complexity index is 645. The van der Waals surface area contributed by atoms with Crippen LogP contribution in [0.4, 0.5) is 5.69 Å². The number of carbonyl (C=O) groups excluding carboxylic acids is 2. The molecule has 0 spiro atoms. The number of anilines is 1. The molecule has 0 aliphatic carbocycles. The topological polar surface area (TPSA) is 52.7 Å². The fourth-order valence-electron chi connectivity index (χ4n) is 4.29. The van der Waals surface area contributed by atoms with Crippen molar-refractivity contribution in [3.05, 3.63) is 29.8 Å². The number of para-hydroxylation sites is 1. The van der Waals surface area contributed by atoms with Gasteiger partial charge in [0.1, 0.15) is 0 Å². The van der Waals surface area contributed by atoms with E-state index < -0.39 is 0 Å². The average Bonchev–Trinajstić information content (AvgIpc) is 2.97. The maximum absolute atomic E-state index is 12.7. The summed E-state index contributed by atoms with van der Waals surface area (Å²) in [5, 5.41) is 3.52. The van der Waals surface area contributed by atoms with Crippen LogP contribution in [0.3, 0.4) is 0 Å². The minimum atomic E-state index is 0.136. The van der Waals surface area contributed by atoms with Crippen molar-refractivity contribution in [1.29, 1.82) is 0 Å². The first kappa shape index (κ1) is 15.6. The average molecular weight is 327 g/mol. The van der Waals surface area contributed by atoms with Gasteiger partial charge in [0.15, 0.2) is 0 Å². The van der Waals surface area contributed by atoms with E-state index in [2.05, 4.69) is 11.4 Å². The molecular weight excluding hydrogens is 302 g/mol. The molecule has 1 aromatic rings. The molecule has 2 fully saturated rings. The Labute approximate surface area is 143 Å². The molecule has 5 heteroatoms. The van der Waals surface area contributed by atoms with Crippen LogP contribution in [0.2, 0.25) is 0 Å². The van der Waals surface area contributed by atoms with Crippen molar-refractivity contribution in [1.82, 2.24) is 10.2 Å². The number of amides is 2. The quantitative estimate of drug-likeness (QED) is 0.919. The summed E-state index contributed by atoms with van der Waals surface area (Å²) in [5.41, 5.74) is 2.31. The lowest BCUT2D eigenvalue weighted by molar-refractivity contribution is -0.131. The molecule has 2 amide bonds. The highest BCUT2D eigenvalue weighted by molar-refractivity contribution is 5.95. The molecule has 24 heavy (non-hydrogen) atoms. The number of nitrogens with zero attached hydrogens (tertiary/aromatic N) is 2. The summed E-state index contributed by atoms with van der Waals surface area (Å²) in [6.07, 6.45) is 5.29. The SMILES string of the molecule is O=C1CC2CCC(CN1CCC(=O)N1CCCc3ccccc31)N2. The zero-order valence-corrected chi connectivity index (χ0v) is 14.0. The Balaban J connectivity index is 1.39. The maximum Gasteiger partial charge on any atom is 0.228 e. The van der Waals surface area contributed by atoms with Crippen molar-refractivity contribution in [2.24, 2.45) is 0 Å². The molecule has 1 N–H and O–H groups in total. The second-order valence-electron chi connectivity index (χ2n) is 7.21. The molecular formula is C19H25N3O2. The monoisotopic (exact) mass is 327 g/mol. The van der Waals surface area contributed by atoms with Crippen LogP contribution in [0.1, 0.15) is 37.7 Å². The van der Waals surface area contributed by atoms with Crippen molar-refractivity contribution in [2.45, 2.75) is 50.6 Å². The van der Waals surface area contributed by atoms with Gasteiger partial charge in [-0.2, -0.15) is 0 Å². The van der Waals surface area contributed by atoms with Gasteiger partial charge < -0.3 is 15.1 Å². The molecule has 2 unspecified atom stereocenters. The van der Waals surface area contributed by atoms with Crippen LogP contribution < -0.4 is 10.2 Å². The molecule has 3 heterocycles. The zero-order chi connectivity index (χ0) is 16.5. The van der Waals surface area contributed by atoms with Crippen molar-refractivity contribution < 1.29 is 9.59 Å². The molecule has 0 radical (unpaired) electrons. The molecule has 1 aromatic carbocycles. The largest absolute Gasteiger partial charge is 0.341 e. The summed E-state index contributed by atoms with van der Waals surface area (Å²) in [6, 6.07) is 8.92. The van der Waals surface area contributed by atoms with E-state index in [1.807, 2.05) is 28.0 Å². The molecule has 2 atom stereocenters. The lowest BCUT2D eigenvalue weighted by atomic mass is 10.0. The van der Waals surface area contributed by atoms with Gasteiger partial charge in [-0.25, -0.2) is 0 Å². The number of hydrogen-bond donors (Lipinski definition) is 1. The summed E-state index contributed by atoms with van der Waals surface area (Å²) in [4.78, 5) is 28.9. The summed E-state index contributed by atoms with van der Waals surface area (Å²) in [7, 11) is 0. The van der Waals surface area contributed by atoms with Gasteiger partial charge in [-0.3, -0.25) is 9.59 Å². The highest BCUT2D eigenvalue weighted by atomic mass is 16.2. The Morgan fingerprint density at radius 1 is 1.21 bits per heavy atom. The van der Waals surface area contributed by atoms with E-state index in [4.69, 9.17) is 0 Å². The van der Waals surface area contributed by atoms with Crippen LogP contribution in [-0.4, -0.2) is 48.4 Å². The fraction of sp³-hybridized carbons (Fsp3) is 0.579. The second-order valence-corrected chi connectivity index (χ2v) is 7.21. The highest BCUT2D eigenvalue weighted by Gasteiger charge is 2.33. The zero-order valence-electron chi connectivity index (χ0n) is 14.0. The predicted octanol–water partition coefficient (Wildman–Crippen LogP) is 1.71. The van der Waals surface area contributed by atoms with Crippen LogP contribution in [0.15, 0.2) is 24.3 Å². The van der Waals surface area contributed by atoms with Gasteiger partial charge in [0.25, 0.3) is 0 Å². The molecule has 128 valence electrons. The van der Waals surface area contributed by atoms with E-state index in [1.54, 1.807) is 0 Å². The number of carbonyl (C=O) groups is 2. The van der Waals surface area contributed by atoms with Crippen molar-refractivity contribution in [3.8, 4) is 0 Å². The first-order chi connectivity index (χ1) is 11.7. The molecule has 3 aliphatic heterocycles. The first-order valence-corrected chi connectivity index (χ1v) is 9.13. The third-order valence-electron chi connectivity index (χ3n) is 5.56. The summed E-state index contributed by atoms with van der Waals surface area (Å²) < 4.78 is 0. The summed E-state index contributed by atoms with van der Waals surface area (Å²) in [5.74, 6) is 0.332. The predicted molar refractivity (Wildman–Crippen MR) is 92.9 cm³/mol. The summed E-state index contributed by atoms with van der Waals surface area (Å²) in [6.45, 7) is 2.08. The third-order valence-corrected chi connectivity index (χ3v) is 5.56. The number of hydrogen-bond acceptors (Lipinski definition) is 3. The van der Waals surface area contributed by atoms with Gasteiger partial charge in [0, 0.05) is 50.2 Å². The Kier molecular flexibility index (Phi) is 4.27. The minimum absolute atomic E-state index is 0.136. The van der Waals surface area contributed by atoms with Crippen LogP contribution in [0, 0.1) is 0 Å². The lowest BCUT2D eigenvalue weighted by Crippen LogP contribution is -2.41. The smallest absolute Gasteiger partial charge is 0.228 e. The number of fused-ring (bicyclic) bond motifs is 3. The van der Waals surface area contributed by atoms with Gasteiger partial charge in [0.05, 0.1) is 0 Å². The summed E-state index contributed by atoms with van der Waals surface area (Å²) >= 11 is 0. The van der Waals surface area contributed by atoms with E-state index in [0.717, 1.165) is 44.5 Å². The van der Waals surface area contributed by atoms with E-state index in [1.165, 1.54) is 5.56 Å². The van der Waals surface area contributed by atoms with E-state index in [-0.39, 0.29) is 11.8 Å². The van der Waals surface area contributed by atoms with Crippen molar-refractivity contribution in [3.63, 3.8) is 0 Å². The molecule has 0 saturated carbocycles. The minimum Gasteiger partial charge on any atom is -0.341 e. The van der Waals surface area contributed by atoms with Crippen molar-refractivity contribution >= 4 is 17.5 Å². The van der Waals surface area contributed by atoms with Gasteiger partial charge in [-0.05, 0) is 37.3 Å². The third kappa shape index (κ3) is 3.05. The van der Waals surface area contributed by atoms with Crippen LogP contribution in [0.5, 0.6) is 0 Å². The fourth-order valence-corrected chi connectivity index (χ4v) is 4.29.